The van der Waals surface area contributed by atoms with Crippen molar-refractivity contribution in [2.75, 3.05) is 0 Å². The average Bonchev–Trinajstić information content (AvgIpc) is 2.52. The van der Waals surface area contributed by atoms with E-state index >= 15 is 0 Å². The number of nitrogens with zero attached hydrogens (tertiary/aromatic N) is 1. The predicted molar refractivity (Wildman–Crippen MR) is 114 cm³/mol. The molecule has 0 atom stereocenters. The molecule has 0 saturated heterocycles. The van der Waals surface area contributed by atoms with Crippen LogP contribution in [-0.2, 0) is 4.79 Å². The fourth-order valence-corrected chi connectivity index (χ4v) is 3.23. The normalized spacial score (nSPS) is 19.3. The van der Waals surface area contributed by atoms with Crippen LogP contribution in [0, 0.1) is 5.41 Å². The molecule has 27 heavy (non-hydrogen) atoms. The topological polar surface area (TPSA) is 72.5 Å². The molecule has 146 valence electrons. The molecule has 0 aromatic heterocycles. The smallest absolute Gasteiger partial charge is 0.338 e. The second-order valence-corrected chi connectivity index (χ2v) is 7.81. The van der Waals surface area contributed by atoms with Crippen LogP contribution >= 0.6 is 0 Å². The Balaban J connectivity index is 2.88. The maximum Gasteiger partial charge on any atom is 0.338 e. The Morgan fingerprint density at radius 2 is 1.78 bits per heavy atom. The minimum Gasteiger partial charge on any atom is -0.350 e. The van der Waals surface area contributed by atoms with E-state index in [1.807, 2.05) is 25.2 Å². The van der Waals surface area contributed by atoms with E-state index in [9.17, 15) is 9.59 Å². The first-order chi connectivity index (χ1) is 12.5. The van der Waals surface area contributed by atoms with Crippen molar-refractivity contribution in [3.05, 3.63) is 58.7 Å². The quantitative estimate of drug-likeness (QED) is 0.487. The summed E-state index contributed by atoms with van der Waals surface area (Å²) in [4.78, 5) is 25.9. The van der Waals surface area contributed by atoms with Gasteiger partial charge in [0.25, 0.3) is 0 Å². The second-order valence-electron chi connectivity index (χ2n) is 7.81. The predicted octanol–water partition coefficient (Wildman–Crippen LogP) is 5.63. The molecule has 4 heteroatoms. The van der Waals surface area contributed by atoms with Crippen LogP contribution in [0.25, 0.3) is 0 Å². The molecule has 0 heterocycles. The van der Waals surface area contributed by atoms with Crippen LogP contribution < -0.4 is 5.73 Å². The molecule has 0 aliphatic heterocycles. The number of carbonyl (C=O) groups is 2. The number of hydrogen-bond acceptors (Lipinski definition) is 2. The summed E-state index contributed by atoms with van der Waals surface area (Å²) in [5.74, 6) is -0.296. The molecule has 0 bridgehead atoms. The molecule has 2 N–H and O–H groups in total. The van der Waals surface area contributed by atoms with Gasteiger partial charge in [-0.1, -0.05) is 55.4 Å². The van der Waals surface area contributed by atoms with Crippen molar-refractivity contribution in [3.8, 4) is 0 Å². The van der Waals surface area contributed by atoms with Crippen LogP contribution in [-0.4, -0.2) is 17.5 Å². The Morgan fingerprint density at radius 3 is 2.33 bits per heavy atom. The molecule has 0 fully saturated rings. The van der Waals surface area contributed by atoms with Gasteiger partial charge in [-0.25, -0.2) is 4.79 Å². The number of hydrogen-bond donors (Lipinski definition) is 1. The third kappa shape index (κ3) is 7.73. The summed E-state index contributed by atoms with van der Waals surface area (Å²) in [6.45, 7) is 12.1. The van der Waals surface area contributed by atoms with E-state index in [0.29, 0.717) is 0 Å². The lowest BCUT2D eigenvalue weighted by Gasteiger charge is -2.32. The van der Waals surface area contributed by atoms with Crippen molar-refractivity contribution in [3.63, 3.8) is 0 Å². The SMILES string of the molecule is CC(=O)C(/C=C(C)/C=C/C=C(C)/C=C/C1=C(C)CCCC1(C)C)=N\C(N)=O. The maximum atomic E-state index is 11.5. The van der Waals surface area contributed by atoms with E-state index in [1.54, 1.807) is 6.08 Å². The molecule has 0 spiro atoms. The number of Topliss-reactive ketones (excluding diaryl/α,β-unsaturated/α-hetero) is 1. The van der Waals surface area contributed by atoms with Gasteiger partial charge < -0.3 is 5.73 Å². The minimum absolute atomic E-state index is 0.0622. The highest BCUT2D eigenvalue weighted by molar-refractivity contribution is 6.44. The summed E-state index contributed by atoms with van der Waals surface area (Å²) in [6.07, 6.45) is 15.4. The summed E-state index contributed by atoms with van der Waals surface area (Å²) >= 11 is 0. The highest BCUT2D eigenvalue weighted by Gasteiger charge is 2.26. The first kappa shape index (κ1) is 22.6. The van der Waals surface area contributed by atoms with Crippen LogP contribution in [0.15, 0.2) is 63.7 Å². The van der Waals surface area contributed by atoms with Gasteiger partial charge in [-0.2, -0.15) is 4.99 Å². The number of nitrogens with two attached hydrogens (primary N) is 1. The van der Waals surface area contributed by atoms with E-state index in [0.717, 1.165) is 11.1 Å². The summed E-state index contributed by atoms with van der Waals surface area (Å²) in [7, 11) is 0. The number of ketones is 1. The summed E-state index contributed by atoms with van der Waals surface area (Å²) < 4.78 is 0. The Hall–Kier alpha value is -2.49. The largest absolute Gasteiger partial charge is 0.350 e. The zero-order valence-electron chi connectivity index (χ0n) is 17.4. The molecule has 0 radical (unpaired) electrons. The van der Waals surface area contributed by atoms with Crippen LogP contribution in [0.3, 0.4) is 0 Å². The van der Waals surface area contributed by atoms with Gasteiger partial charge >= 0.3 is 6.03 Å². The lowest BCUT2D eigenvalue weighted by molar-refractivity contribution is -0.111. The van der Waals surface area contributed by atoms with Gasteiger partial charge in [0.15, 0.2) is 5.78 Å². The number of primary amides is 1. The van der Waals surface area contributed by atoms with Crippen molar-refractivity contribution in [2.24, 2.45) is 16.1 Å². The van der Waals surface area contributed by atoms with E-state index in [-0.39, 0.29) is 16.9 Å². The fraction of sp³-hybridized carbons (Fsp3) is 0.435. The van der Waals surface area contributed by atoms with Crippen LogP contribution in [0.1, 0.15) is 60.8 Å². The molecule has 0 unspecified atom stereocenters. The van der Waals surface area contributed by atoms with Crippen LogP contribution in [0.4, 0.5) is 4.79 Å². The third-order valence-corrected chi connectivity index (χ3v) is 4.73. The lowest BCUT2D eigenvalue weighted by Crippen LogP contribution is -2.19. The summed E-state index contributed by atoms with van der Waals surface area (Å²) in [5.41, 5.74) is 10.2. The Morgan fingerprint density at radius 1 is 1.11 bits per heavy atom. The van der Waals surface area contributed by atoms with Gasteiger partial charge in [0.2, 0.25) is 0 Å². The lowest BCUT2D eigenvalue weighted by atomic mass is 9.72. The molecule has 1 aliphatic carbocycles. The van der Waals surface area contributed by atoms with E-state index < -0.39 is 6.03 Å². The van der Waals surface area contributed by atoms with Crippen LogP contribution in [0.2, 0.25) is 0 Å². The Labute approximate surface area is 163 Å². The van der Waals surface area contributed by atoms with Gasteiger partial charge in [0.1, 0.15) is 5.71 Å². The molecule has 0 aromatic carbocycles. The van der Waals surface area contributed by atoms with Crippen molar-refractivity contribution >= 4 is 17.5 Å². The third-order valence-electron chi connectivity index (χ3n) is 4.73. The average molecular weight is 369 g/mol. The molecular weight excluding hydrogens is 336 g/mol. The van der Waals surface area contributed by atoms with Crippen molar-refractivity contribution in [1.29, 1.82) is 0 Å². The minimum atomic E-state index is -0.871. The molecule has 4 nitrogen and oxygen atoms in total. The molecular formula is C23H32N2O2. The number of carbonyl (C=O) groups excluding carboxylic acids is 2. The van der Waals surface area contributed by atoms with E-state index in [1.165, 1.54) is 37.3 Å². The summed E-state index contributed by atoms with van der Waals surface area (Å²) in [5, 5.41) is 0. The highest BCUT2D eigenvalue weighted by Crippen LogP contribution is 2.40. The van der Waals surface area contributed by atoms with Gasteiger partial charge in [-0.15, -0.1) is 0 Å². The zero-order valence-corrected chi connectivity index (χ0v) is 17.4. The number of allylic oxidation sites excluding steroid dienone is 10. The zero-order chi connectivity index (χ0) is 20.6. The second kappa shape index (κ2) is 10.0. The molecule has 0 aromatic rings. The number of rotatable bonds is 6. The Kier molecular flexibility index (Phi) is 8.35. The fourth-order valence-electron chi connectivity index (χ4n) is 3.23. The standard InChI is InChI=1S/C23H32N2O2/c1-16(12-13-20-18(3)11-8-14-23(20,5)6)9-7-10-17(2)15-21(19(4)26)25-22(24)27/h7,9-10,12-13,15H,8,11,14H2,1-6H3,(H2,24,27)/b10-7+,13-12+,16-9+,17-15+,25-21-. The highest BCUT2D eigenvalue weighted by atomic mass is 16.2. The van der Waals surface area contributed by atoms with Crippen LogP contribution in [0.5, 0.6) is 0 Å². The first-order valence-corrected chi connectivity index (χ1v) is 9.33. The Bertz CT molecular complexity index is 772. The van der Waals surface area contributed by atoms with Gasteiger partial charge in [-0.05, 0) is 62.7 Å². The molecule has 2 amide bonds. The number of urea groups is 1. The monoisotopic (exact) mass is 368 g/mol. The molecule has 1 aliphatic rings. The van der Waals surface area contributed by atoms with Crippen molar-refractivity contribution in [2.45, 2.75) is 60.8 Å². The van der Waals surface area contributed by atoms with Gasteiger partial charge in [0.05, 0.1) is 0 Å². The van der Waals surface area contributed by atoms with Gasteiger partial charge in [-0.3, -0.25) is 4.79 Å². The molecule has 1 rings (SSSR count). The maximum absolute atomic E-state index is 11.5. The number of aliphatic imine (C=N–C) groups is 1. The first-order valence-electron chi connectivity index (χ1n) is 9.33. The molecule has 0 saturated carbocycles. The summed E-state index contributed by atoms with van der Waals surface area (Å²) in [6, 6.07) is -0.871. The number of amides is 2. The van der Waals surface area contributed by atoms with E-state index in [2.05, 4.69) is 44.8 Å². The van der Waals surface area contributed by atoms with Crippen molar-refractivity contribution in [1.82, 2.24) is 0 Å². The van der Waals surface area contributed by atoms with E-state index in [4.69, 9.17) is 5.73 Å². The van der Waals surface area contributed by atoms with Crippen molar-refractivity contribution < 1.29 is 9.59 Å². The van der Waals surface area contributed by atoms with Gasteiger partial charge in [0, 0.05) is 6.92 Å².